The smallest absolute Gasteiger partial charge is 0.353 e. The number of fused-ring (bicyclic) bond motifs is 2. The van der Waals surface area contributed by atoms with E-state index in [1.165, 1.54) is 23.1 Å². The molecule has 0 spiro atoms. The Morgan fingerprint density at radius 1 is 1.15 bits per heavy atom. The second kappa shape index (κ2) is 9.46. The number of rotatable bonds is 5. The van der Waals surface area contributed by atoms with Crippen molar-refractivity contribution < 1.29 is 27.6 Å². The molecule has 1 saturated heterocycles. The molecule has 3 amide bonds. The second-order valence-electron chi connectivity index (χ2n) is 8.52. The van der Waals surface area contributed by atoms with E-state index in [2.05, 4.69) is 10.6 Å². The Balaban J connectivity index is 1.57. The Kier molecular flexibility index (Phi) is 6.60. The summed E-state index contributed by atoms with van der Waals surface area (Å²) in [5.41, 5.74) is 5.94. The Morgan fingerprint density at radius 2 is 1.91 bits per heavy atom. The molecule has 2 unspecified atom stereocenters. The van der Waals surface area contributed by atoms with Crippen LogP contribution >= 0.6 is 0 Å². The van der Waals surface area contributed by atoms with Gasteiger partial charge >= 0.3 is 6.18 Å². The molecule has 4 rings (SSSR count). The van der Waals surface area contributed by atoms with Gasteiger partial charge in [-0.15, -0.1) is 0 Å². The summed E-state index contributed by atoms with van der Waals surface area (Å²) in [5.74, 6) is -0.877. The maximum absolute atomic E-state index is 13.3. The normalized spacial score (nSPS) is 20.2. The fourth-order valence-electron chi connectivity index (χ4n) is 4.41. The molecule has 4 N–H and O–H groups in total. The molecule has 0 aliphatic carbocycles. The molecule has 10 heteroatoms. The van der Waals surface area contributed by atoms with Crippen molar-refractivity contribution in [2.24, 2.45) is 5.73 Å². The summed E-state index contributed by atoms with van der Waals surface area (Å²) in [7, 11) is 0. The van der Waals surface area contributed by atoms with E-state index in [1.54, 1.807) is 12.1 Å². The number of carbonyl (C=O) groups is 3. The summed E-state index contributed by atoms with van der Waals surface area (Å²) >= 11 is 0. The van der Waals surface area contributed by atoms with Crippen LogP contribution in [0, 0.1) is 0 Å². The lowest BCUT2D eigenvalue weighted by atomic mass is 9.95. The van der Waals surface area contributed by atoms with Crippen LogP contribution in [0.2, 0.25) is 0 Å². The van der Waals surface area contributed by atoms with Crippen LogP contribution in [-0.4, -0.2) is 47.8 Å². The second-order valence-corrected chi connectivity index (χ2v) is 8.52. The van der Waals surface area contributed by atoms with Crippen LogP contribution in [0.1, 0.15) is 41.6 Å². The zero-order valence-corrected chi connectivity index (χ0v) is 18.3. The van der Waals surface area contributed by atoms with Crippen LogP contribution in [0.5, 0.6) is 0 Å². The molecular weight excluding hydrogens is 449 g/mol. The monoisotopic (exact) mass is 474 g/mol. The van der Waals surface area contributed by atoms with Crippen LogP contribution in [0.3, 0.4) is 0 Å². The Labute approximate surface area is 194 Å². The van der Waals surface area contributed by atoms with Gasteiger partial charge in [0.15, 0.2) is 0 Å². The number of nitrogens with two attached hydrogens (primary N) is 1. The molecular formula is C24H25F3N4O3. The highest BCUT2D eigenvalue weighted by atomic mass is 19.4. The van der Waals surface area contributed by atoms with Gasteiger partial charge in [-0.1, -0.05) is 18.2 Å². The molecule has 2 aliphatic rings. The molecule has 0 radical (unpaired) electrons. The van der Waals surface area contributed by atoms with Crippen molar-refractivity contribution in [2.45, 2.75) is 43.9 Å². The topological polar surface area (TPSA) is 105 Å². The summed E-state index contributed by atoms with van der Waals surface area (Å²) in [4.78, 5) is 39.8. The molecule has 2 atom stereocenters. The first-order valence-corrected chi connectivity index (χ1v) is 11.1. The van der Waals surface area contributed by atoms with Gasteiger partial charge in [-0.25, -0.2) is 0 Å². The van der Waals surface area contributed by atoms with Gasteiger partial charge in [-0.05, 0) is 61.2 Å². The number of nitrogens with one attached hydrogen (secondary N) is 2. The standard InChI is InChI=1S/C24H25F3N4O3/c25-24(26,27)16-4-1-3-14(11-16)15-6-7-19-18(12-15)23(34)31-10-8-17(13-20(31)22(33)30-19)29-21(32)5-2-9-28/h1,3-4,6-7,11-12,17,20H,2,5,8-10,13,28H2,(H,29,32)(H,30,33). The van der Waals surface area contributed by atoms with Gasteiger partial charge in [0.05, 0.1) is 16.8 Å². The number of halogens is 3. The van der Waals surface area contributed by atoms with Gasteiger partial charge in [0.2, 0.25) is 11.8 Å². The zero-order valence-electron chi connectivity index (χ0n) is 18.3. The van der Waals surface area contributed by atoms with E-state index >= 15 is 0 Å². The number of hydrogen-bond acceptors (Lipinski definition) is 4. The fourth-order valence-corrected chi connectivity index (χ4v) is 4.41. The van der Waals surface area contributed by atoms with Crippen LogP contribution < -0.4 is 16.4 Å². The zero-order chi connectivity index (χ0) is 24.5. The minimum Gasteiger partial charge on any atom is -0.353 e. The van der Waals surface area contributed by atoms with Gasteiger partial charge in [-0.2, -0.15) is 13.2 Å². The molecule has 0 bridgehead atoms. The van der Waals surface area contributed by atoms with E-state index in [-0.39, 0.29) is 42.3 Å². The first kappa shape index (κ1) is 23.7. The minimum atomic E-state index is -4.48. The molecule has 34 heavy (non-hydrogen) atoms. The number of benzene rings is 2. The number of hydrogen-bond donors (Lipinski definition) is 3. The fraction of sp³-hybridized carbons (Fsp3) is 0.375. The van der Waals surface area contributed by atoms with Crippen molar-refractivity contribution in [3.63, 3.8) is 0 Å². The van der Waals surface area contributed by atoms with Crippen molar-refractivity contribution in [3.05, 3.63) is 53.6 Å². The summed E-state index contributed by atoms with van der Waals surface area (Å²) in [6, 6.07) is 8.49. The van der Waals surface area contributed by atoms with Crippen LogP contribution in [-0.2, 0) is 15.8 Å². The van der Waals surface area contributed by atoms with Gasteiger partial charge < -0.3 is 21.3 Å². The molecule has 2 aromatic rings. The number of carbonyl (C=O) groups excluding carboxylic acids is 3. The van der Waals surface area contributed by atoms with Gasteiger partial charge in [-0.3, -0.25) is 14.4 Å². The average molecular weight is 474 g/mol. The molecule has 2 heterocycles. The molecule has 0 saturated carbocycles. The van der Waals surface area contributed by atoms with Gasteiger partial charge in [0.1, 0.15) is 6.04 Å². The van der Waals surface area contributed by atoms with Crippen LogP contribution in [0.15, 0.2) is 42.5 Å². The van der Waals surface area contributed by atoms with Crippen molar-refractivity contribution in [3.8, 4) is 11.1 Å². The highest BCUT2D eigenvalue weighted by Gasteiger charge is 2.40. The Bertz CT molecular complexity index is 1120. The highest BCUT2D eigenvalue weighted by Crippen LogP contribution is 2.35. The van der Waals surface area contributed by atoms with Crippen molar-refractivity contribution >= 4 is 23.4 Å². The van der Waals surface area contributed by atoms with Crippen molar-refractivity contribution in [1.29, 1.82) is 0 Å². The van der Waals surface area contributed by atoms with Gasteiger partial charge in [0, 0.05) is 19.0 Å². The van der Waals surface area contributed by atoms with E-state index in [0.29, 0.717) is 42.6 Å². The van der Waals surface area contributed by atoms with E-state index in [9.17, 15) is 27.6 Å². The third-order valence-corrected chi connectivity index (χ3v) is 6.17. The predicted octanol–water partition coefficient (Wildman–Crippen LogP) is 3.15. The highest BCUT2D eigenvalue weighted by molar-refractivity contribution is 6.10. The number of alkyl halides is 3. The Hall–Kier alpha value is -3.40. The molecule has 2 aliphatic heterocycles. The van der Waals surface area contributed by atoms with E-state index in [0.717, 1.165) is 12.1 Å². The lowest BCUT2D eigenvalue weighted by molar-refractivity contribution is -0.137. The summed E-state index contributed by atoms with van der Waals surface area (Å²) in [5, 5.41) is 5.67. The van der Waals surface area contributed by atoms with Crippen molar-refractivity contribution in [2.75, 3.05) is 18.4 Å². The summed E-state index contributed by atoms with van der Waals surface area (Å²) < 4.78 is 39.4. The Morgan fingerprint density at radius 3 is 2.65 bits per heavy atom. The number of nitrogens with zero attached hydrogens (tertiary/aromatic N) is 1. The largest absolute Gasteiger partial charge is 0.416 e. The summed E-state index contributed by atoms with van der Waals surface area (Å²) in [6.45, 7) is 0.679. The first-order valence-electron chi connectivity index (χ1n) is 11.1. The number of anilines is 1. The quantitative estimate of drug-likeness (QED) is 0.619. The summed E-state index contributed by atoms with van der Waals surface area (Å²) in [6.07, 6.45) is -2.84. The van der Waals surface area contributed by atoms with Gasteiger partial charge in [0.25, 0.3) is 5.91 Å². The lowest BCUT2D eigenvalue weighted by Crippen LogP contribution is -2.55. The number of amides is 3. The average Bonchev–Trinajstić information content (AvgIpc) is 2.91. The van der Waals surface area contributed by atoms with Crippen LogP contribution in [0.4, 0.5) is 18.9 Å². The third-order valence-electron chi connectivity index (χ3n) is 6.17. The van der Waals surface area contributed by atoms with Crippen molar-refractivity contribution in [1.82, 2.24) is 10.2 Å². The first-order chi connectivity index (χ1) is 16.2. The molecule has 7 nitrogen and oxygen atoms in total. The lowest BCUT2D eigenvalue weighted by Gasteiger charge is -2.37. The maximum atomic E-state index is 13.3. The van der Waals surface area contributed by atoms with E-state index in [1.807, 2.05) is 0 Å². The van der Waals surface area contributed by atoms with E-state index < -0.39 is 17.8 Å². The minimum absolute atomic E-state index is 0.140. The number of piperidine rings is 1. The maximum Gasteiger partial charge on any atom is 0.416 e. The molecule has 1 fully saturated rings. The predicted molar refractivity (Wildman–Crippen MR) is 120 cm³/mol. The molecule has 0 aromatic heterocycles. The molecule has 2 aromatic carbocycles. The molecule has 180 valence electrons. The SMILES string of the molecule is NCCCC(=O)NC1CCN2C(=O)c3cc(-c4cccc(C(F)(F)F)c4)ccc3NC(=O)C2C1. The van der Waals surface area contributed by atoms with E-state index in [4.69, 9.17) is 5.73 Å². The third kappa shape index (κ3) is 4.91. The van der Waals surface area contributed by atoms with Crippen LogP contribution in [0.25, 0.3) is 11.1 Å².